The lowest BCUT2D eigenvalue weighted by Gasteiger charge is -1.99. The van der Waals surface area contributed by atoms with Gasteiger partial charge in [0, 0.05) is 4.88 Å². The Labute approximate surface area is 124 Å². The first-order chi connectivity index (χ1) is 9.54. The van der Waals surface area contributed by atoms with Crippen molar-refractivity contribution in [2.45, 2.75) is 26.2 Å². The molecular formula is C14H13NO3S2. The molecular weight excluding hydrogens is 294 g/mol. The fourth-order valence-corrected chi connectivity index (χ4v) is 4.43. The van der Waals surface area contributed by atoms with Crippen LogP contribution in [0.25, 0.3) is 0 Å². The molecule has 0 atom stereocenters. The van der Waals surface area contributed by atoms with Crippen LogP contribution in [0.3, 0.4) is 0 Å². The van der Waals surface area contributed by atoms with Crippen molar-refractivity contribution in [2.24, 2.45) is 0 Å². The van der Waals surface area contributed by atoms with Crippen molar-refractivity contribution in [3.05, 3.63) is 37.9 Å². The van der Waals surface area contributed by atoms with Crippen LogP contribution in [0, 0.1) is 6.92 Å². The fourth-order valence-electron chi connectivity index (χ4n) is 2.37. The molecule has 20 heavy (non-hydrogen) atoms. The van der Waals surface area contributed by atoms with Gasteiger partial charge in [-0.2, -0.15) is 0 Å². The average Bonchev–Trinajstić information content (AvgIpc) is 3.01. The van der Waals surface area contributed by atoms with E-state index in [4.69, 9.17) is 5.11 Å². The van der Waals surface area contributed by atoms with Gasteiger partial charge in [0.2, 0.25) is 0 Å². The predicted molar refractivity (Wildman–Crippen MR) is 80.3 cm³/mol. The van der Waals surface area contributed by atoms with E-state index >= 15 is 0 Å². The van der Waals surface area contributed by atoms with Crippen molar-refractivity contribution in [1.82, 2.24) is 0 Å². The van der Waals surface area contributed by atoms with Crippen LogP contribution in [0.15, 0.2) is 12.1 Å². The molecule has 4 nitrogen and oxygen atoms in total. The maximum absolute atomic E-state index is 12.2. The van der Waals surface area contributed by atoms with E-state index in [2.05, 4.69) is 5.32 Å². The molecule has 3 rings (SSSR count). The first-order valence-corrected chi connectivity index (χ1v) is 7.94. The molecule has 0 fully saturated rings. The lowest BCUT2D eigenvalue weighted by molar-refractivity contribution is 0.0701. The van der Waals surface area contributed by atoms with Gasteiger partial charge < -0.3 is 10.4 Å². The molecule has 2 aromatic heterocycles. The Hall–Kier alpha value is -1.66. The normalized spacial score (nSPS) is 13.2. The van der Waals surface area contributed by atoms with Crippen molar-refractivity contribution >= 4 is 39.6 Å². The number of amides is 1. The van der Waals surface area contributed by atoms with Crippen molar-refractivity contribution in [2.75, 3.05) is 5.32 Å². The second kappa shape index (κ2) is 5.03. The van der Waals surface area contributed by atoms with Crippen LogP contribution < -0.4 is 5.32 Å². The molecule has 104 valence electrons. The van der Waals surface area contributed by atoms with E-state index in [1.807, 2.05) is 6.07 Å². The highest BCUT2D eigenvalue weighted by Crippen LogP contribution is 2.32. The Balaban J connectivity index is 1.78. The van der Waals surface area contributed by atoms with Gasteiger partial charge in [0.25, 0.3) is 5.91 Å². The van der Waals surface area contributed by atoms with Crippen molar-refractivity contribution < 1.29 is 14.7 Å². The van der Waals surface area contributed by atoms with Crippen LogP contribution in [0.4, 0.5) is 5.00 Å². The number of thiophene rings is 2. The lowest BCUT2D eigenvalue weighted by atomic mass is 10.2. The van der Waals surface area contributed by atoms with E-state index in [1.54, 1.807) is 24.3 Å². The van der Waals surface area contributed by atoms with Crippen LogP contribution in [-0.2, 0) is 12.8 Å². The number of aromatic carboxylic acids is 1. The number of carbonyl (C=O) groups is 2. The molecule has 1 aliphatic carbocycles. The highest BCUT2D eigenvalue weighted by molar-refractivity contribution is 7.18. The summed E-state index contributed by atoms with van der Waals surface area (Å²) in [6.07, 6.45) is 3.30. The monoisotopic (exact) mass is 307 g/mol. The Bertz CT molecular complexity index is 678. The fraction of sp³-hybridized carbons (Fsp3) is 0.286. The summed E-state index contributed by atoms with van der Waals surface area (Å²) in [5.41, 5.74) is 1.96. The average molecular weight is 307 g/mol. The van der Waals surface area contributed by atoms with E-state index in [9.17, 15) is 9.59 Å². The van der Waals surface area contributed by atoms with Gasteiger partial charge in [-0.05, 0) is 49.4 Å². The summed E-state index contributed by atoms with van der Waals surface area (Å²) in [5, 5.41) is 12.4. The van der Waals surface area contributed by atoms with E-state index < -0.39 is 5.97 Å². The van der Waals surface area contributed by atoms with Crippen LogP contribution in [0.5, 0.6) is 0 Å². The second-order valence-corrected chi connectivity index (χ2v) is 6.98. The van der Waals surface area contributed by atoms with E-state index in [-0.39, 0.29) is 10.8 Å². The number of nitrogens with one attached hydrogen (secondary N) is 1. The van der Waals surface area contributed by atoms with Gasteiger partial charge in [0.1, 0.15) is 4.88 Å². The van der Waals surface area contributed by atoms with E-state index in [0.29, 0.717) is 15.4 Å². The minimum absolute atomic E-state index is 0.150. The maximum Gasteiger partial charge on any atom is 0.346 e. The number of carboxylic acids is 1. The van der Waals surface area contributed by atoms with Crippen molar-refractivity contribution in [1.29, 1.82) is 0 Å². The SMILES string of the molecule is Cc1cc(NC(=O)c2cc3c(s2)CCC3)sc1C(=O)O. The molecule has 0 saturated heterocycles. The zero-order valence-electron chi connectivity index (χ0n) is 10.9. The maximum atomic E-state index is 12.2. The Morgan fingerprint density at radius 2 is 2.05 bits per heavy atom. The molecule has 1 amide bonds. The third kappa shape index (κ3) is 2.36. The largest absolute Gasteiger partial charge is 0.477 e. The Morgan fingerprint density at radius 1 is 1.25 bits per heavy atom. The first kappa shape index (κ1) is 13.3. The Kier molecular flexibility index (Phi) is 3.35. The van der Waals surface area contributed by atoms with Gasteiger partial charge in [0.05, 0.1) is 9.88 Å². The minimum Gasteiger partial charge on any atom is -0.477 e. The summed E-state index contributed by atoms with van der Waals surface area (Å²) in [6, 6.07) is 3.66. The molecule has 0 spiro atoms. The minimum atomic E-state index is -0.955. The van der Waals surface area contributed by atoms with Gasteiger partial charge in [-0.15, -0.1) is 22.7 Å². The lowest BCUT2D eigenvalue weighted by Crippen LogP contribution is -2.08. The molecule has 1 aliphatic rings. The number of anilines is 1. The predicted octanol–water partition coefficient (Wildman–Crippen LogP) is 3.56. The second-order valence-electron chi connectivity index (χ2n) is 4.79. The van der Waals surface area contributed by atoms with Crippen LogP contribution in [0.2, 0.25) is 0 Å². The summed E-state index contributed by atoms with van der Waals surface area (Å²) in [5.74, 6) is -1.11. The molecule has 0 bridgehead atoms. The number of hydrogen-bond donors (Lipinski definition) is 2. The summed E-state index contributed by atoms with van der Waals surface area (Å²) in [4.78, 5) is 25.4. The van der Waals surface area contributed by atoms with E-state index in [1.165, 1.54) is 16.9 Å². The standard InChI is InChI=1S/C14H13NO3S2/c1-7-5-11(20-12(7)14(17)18)15-13(16)10-6-8-3-2-4-9(8)19-10/h5-6H,2-4H2,1H3,(H,15,16)(H,17,18). The third-order valence-electron chi connectivity index (χ3n) is 3.32. The molecule has 0 aromatic carbocycles. The number of carboxylic acid groups (broad SMARTS) is 1. The van der Waals surface area contributed by atoms with Gasteiger partial charge in [-0.25, -0.2) is 4.79 Å². The number of rotatable bonds is 3. The number of hydrogen-bond acceptors (Lipinski definition) is 4. The zero-order chi connectivity index (χ0) is 14.3. The highest BCUT2D eigenvalue weighted by Gasteiger charge is 2.19. The summed E-state index contributed by atoms with van der Waals surface area (Å²) < 4.78 is 0. The number of fused-ring (bicyclic) bond motifs is 1. The topological polar surface area (TPSA) is 66.4 Å². The first-order valence-electron chi connectivity index (χ1n) is 6.31. The zero-order valence-corrected chi connectivity index (χ0v) is 12.5. The van der Waals surface area contributed by atoms with Gasteiger partial charge in [-0.1, -0.05) is 0 Å². The molecule has 0 radical (unpaired) electrons. The third-order valence-corrected chi connectivity index (χ3v) is 5.70. The molecule has 6 heteroatoms. The molecule has 0 saturated carbocycles. The molecule has 2 aromatic rings. The van der Waals surface area contributed by atoms with Gasteiger partial charge >= 0.3 is 5.97 Å². The van der Waals surface area contributed by atoms with Crippen molar-refractivity contribution in [3.63, 3.8) is 0 Å². The molecule has 0 unspecified atom stereocenters. The summed E-state index contributed by atoms with van der Waals surface area (Å²) in [7, 11) is 0. The molecule has 0 aliphatic heterocycles. The van der Waals surface area contributed by atoms with Gasteiger partial charge in [-0.3, -0.25) is 4.79 Å². The van der Waals surface area contributed by atoms with Crippen LogP contribution in [0.1, 0.15) is 41.8 Å². The van der Waals surface area contributed by atoms with Crippen molar-refractivity contribution in [3.8, 4) is 0 Å². The molecule has 2 heterocycles. The van der Waals surface area contributed by atoms with Crippen LogP contribution in [-0.4, -0.2) is 17.0 Å². The number of carbonyl (C=O) groups excluding carboxylic acids is 1. The summed E-state index contributed by atoms with van der Waals surface area (Å²) in [6.45, 7) is 1.73. The van der Waals surface area contributed by atoms with Crippen LogP contribution >= 0.6 is 22.7 Å². The Morgan fingerprint density at radius 3 is 2.70 bits per heavy atom. The van der Waals surface area contributed by atoms with E-state index in [0.717, 1.165) is 24.2 Å². The smallest absolute Gasteiger partial charge is 0.346 e. The highest BCUT2D eigenvalue weighted by atomic mass is 32.1. The van der Waals surface area contributed by atoms with Gasteiger partial charge in [0.15, 0.2) is 0 Å². The summed E-state index contributed by atoms with van der Waals surface area (Å²) >= 11 is 2.64. The molecule has 2 N–H and O–H groups in total. The number of aryl methyl sites for hydroxylation is 3. The quantitative estimate of drug-likeness (QED) is 0.911.